The normalized spacial score (nSPS) is 10.9. The van der Waals surface area contributed by atoms with Gasteiger partial charge in [0, 0.05) is 0 Å². The lowest BCUT2D eigenvalue weighted by Gasteiger charge is -2.08. The van der Waals surface area contributed by atoms with E-state index in [1.165, 1.54) is 89.9 Å². The Morgan fingerprint density at radius 2 is 1.00 bits per heavy atom. The molecule has 2 rings (SSSR count). The number of hydrogen-bond acceptors (Lipinski definition) is 2. The molecule has 0 heterocycles. The molecule has 0 saturated heterocycles. The number of benzene rings is 2. The highest BCUT2D eigenvalue weighted by Crippen LogP contribution is 2.23. The Morgan fingerprint density at radius 1 is 0.606 bits per heavy atom. The van der Waals surface area contributed by atoms with Crippen LogP contribution >= 0.6 is 0 Å². The SMILES string of the molecule is CCCCCCCCCCCCCCCCCOc1ccc(-c2ccc(C(=O)O)cc2)cc1. The van der Waals surface area contributed by atoms with E-state index >= 15 is 0 Å². The first-order valence-corrected chi connectivity index (χ1v) is 13.3. The van der Waals surface area contributed by atoms with E-state index in [2.05, 4.69) is 6.92 Å². The second kappa shape index (κ2) is 17.2. The molecule has 3 heteroatoms. The lowest BCUT2D eigenvalue weighted by atomic mass is 10.0. The van der Waals surface area contributed by atoms with E-state index in [1.54, 1.807) is 12.1 Å². The summed E-state index contributed by atoms with van der Waals surface area (Å²) in [5.41, 5.74) is 2.38. The van der Waals surface area contributed by atoms with Crippen LogP contribution in [0.5, 0.6) is 5.75 Å². The Hall–Kier alpha value is -2.29. The van der Waals surface area contributed by atoms with Crippen molar-refractivity contribution in [1.29, 1.82) is 0 Å². The molecule has 2 aromatic rings. The summed E-state index contributed by atoms with van der Waals surface area (Å²) in [4.78, 5) is 11.0. The summed E-state index contributed by atoms with van der Waals surface area (Å²) in [6.07, 6.45) is 20.6. The van der Waals surface area contributed by atoms with Crippen molar-refractivity contribution in [3.8, 4) is 16.9 Å². The van der Waals surface area contributed by atoms with E-state index in [-0.39, 0.29) is 0 Å². The second-order valence-corrected chi connectivity index (χ2v) is 9.21. The molecular formula is C30H44O3. The second-order valence-electron chi connectivity index (χ2n) is 9.21. The maximum atomic E-state index is 11.0. The maximum absolute atomic E-state index is 11.0. The fraction of sp³-hybridized carbons (Fsp3) is 0.567. The van der Waals surface area contributed by atoms with Gasteiger partial charge in [0.05, 0.1) is 12.2 Å². The van der Waals surface area contributed by atoms with Crippen molar-refractivity contribution in [2.45, 2.75) is 103 Å². The highest BCUT2D eigenvalue weighted by Gasteiger charge is 2.04. The Morgan fingerprint density at radius 3 is 1.42 bits per heavy atom. The third-order valence-electron chi connectivity index (χ3n) is 6.34. The lowest BCUT2D eigenvalue weighted by Crippen LogP contribution is -1.97. The van der Waals surface area contributed by atoms with Gasteiger partial charge in [-0.3, -0.25) is 0 Å². The van der Waals surface area contributed by atoms with E-state index in [0.717, 1.165) is 29.9 Å². The van der Waals surface area contributed by atoms with Gasteiger partial charge < -0.3 is 9.84 Å². The minimum absolute atomic E-state index is 0.308. The lowest BCUT2D eigenvalue weighted by molar-refractivity contribution is 0.0697. The number of ether oxygens (including phenoxy) is 1. The number of unbranched alkanes of at least 4 members (excludes halogenated alkanes) is 14. The maximum Gasteiger partial charge on any atom is 0.335 e. The molecule has 3 nitrogen and oxygen atoms in total. The summed E-state index contributed by atoms with van der Waals surface area (Å²) in [7, 11) is 0. The first-order chi connectivity index (χ1) is 16.2. The molecule has 0 spiro atoms. The van der Waals surface area contributed by atoms with Crippen LogP contribution < -0.4 is 4.74 Å². The molecule has 0 aliphatic carbocycles. The summed E-state index contributed by atoms with van der Waals surface area (Å²) < 4.78 is 5.88. The number of rotatable bonds is 19. The van der Waals surface area contributed by atoms with Crippen molar-refractivity contribution in [2.24, 2.45) is 0 Å². The molecule has 0 aromatic heterocycles. The van der Waals surface area contributed by atoms with Crippen LogP contribution in [0.1, 0.15) is 114 Å². The zero-order valence-corrected chi connectivity index (χ0v) is 20.7. The average molecular weight is 453 g/mol. The molecule has 0 amide bonds. The third kappa shape index (κ3) is 11.9. The molecule has 0 aliphatic heterocycles. The number of carbonyl (C=O) groups is 1. The summed E-state index contributed by atoms with van der Waals surface area (Å²) in [5, 5.41) is 9.00. The predicted octanol–water partition coefficient (Wildman–Crippen LogP) is 9.30. The zero-order chi connectivity index (χ0) is 23.6. The molecule has 0 atom stereocenters. The molecule has 0 radical (unpaired) electrons. The van der Waals surface area contributed by atoms with Crippen LogP contribution in [0.3, 0.4) is 0 Å². The molecule has 182 valence electrons. The van der Waals surface area contributed by atoms with Gasteiger partial charge >= 0.3 is 5.97 Å². The molecule has 0 unspecified atom stereocenters. The highest BCUT2D eigenvalue weighted by molar-refractivity contribution is 5.88. The van der Waals surface area contributed by atoms with Gasteiger partial charge in [0.1, 0.15) is 5.75 Å². The summed E-state index contributed by atoms with van der Waals surface area (Å²) in [5.74, 6) is -0.00429. The van der Waals surface area contributed by atoms with Crippen molar-refractivity contribution in [3.63, 3.8) is 0 Å². The van der Waals surface area contributed by atoms with Crippen molar-refractivity contribution in [2.75, 3.05) is 6.61 Å². The Labute approximate surface area is 201 Å². The standard InChI is InChI=1S/C30H44O3/c1-2-3-4-5-6-7-8-9-10-11-12-13-14-15-16-25-33-29-23-21-27(22-24-29)26-17-19-28(20-18-26)30(31)32/h17-24H,2-16,25H2,1H3,(H,31,32). The largest absolute Gasteiger partial charge is 0.494 e. The number of carboxylic acid groups (broad SMARTS) is 1. The molecule has 2 aromatic carbocycles. The van der Waals surface area contributed by atoms with Gasteiger partial charge in [0.2, 0.25) is 0 Å². The average Bonchev–Trinajstić information content (AvgIpc) is 2.84. The molecule has 0 aliphatic rings. The summed E-state index contributed by atoms with van der Waals surface area (Å²) >= 11 is 0. The first kappa shape index (κ1) is 27.0. The monoisotopic (exact) mass is 452 g/mol. The number of hydrogen-bond donors (Lipinski definition) is 1. The molecule has 0 fully saturated rings. The zero-order valence-electron chi connectivity index (χ0n) is 20.7. The molecule has 33 heavy (non-hydrogen) atoms. The van der Waals surface area contributed by atoms with E-state index in [1.807, 2.05) is 36.4 Å². The minimum Gasteiger partial charge on any atom is -0.494 e. The molecular weight excluding hydrogens is 408 g/mol. The van der Waals surface area contributed by atoms with E-state index in [4.69, 9.17) is 9.84 Å². The molecule has 0 bridgehead atoms. The molecule has 1 N–H and O–H groups in total. The first-order valence-electron chi connectivity index (χ1n) is 13.3. The number of carboxylic acids is 1. The van der Waals surface area contributed by atoms with Gasteiger partial charge in [-0.05, 0) is 41.8 Å². The van der Waals surface area contributed by atoms with Gasteiger partial charge in [-0.15, -0.1) is 0 Å². The van der Waals surface area contributed by atoms with Crippen LogP contribution in [0.15, 0.2) is 48.5 Å². The van der Waals surface area contributed by atoms with Gasteiger partial charge in [-0.1, -0.05) is 121 Å². The van der Waals surface area contributed by atoms with Crippen LogP contribution in [0, 0.1) is 0 Å². The fourth-order valence-electron chi connectivity index (χ4n) is 4.21. The van der Waals surface area contributed by atoms with Gasteiger partial charge in [-0.25, -0.2) is 4.79 Å². The van der Waals surface area contributed by atoms with Crippen molar-refractivity contribution in [3.05, 3.63) is 54.1 Å². The molecule has 0 saturated carbocycles. The predicted molar refractivity (Wildman–Crippen MR) is 139 cm³/mol. The minimum atomic E-state index is -0.899. The fourth-order valence-corrected chi connectivity index (χ4v) is 4.21. The van der Waals surface area contributed by atoms with Crippen molar-refractivity contribution in [1.82, 2.24) is 0 Å². The van der Waals surface area contributed by atoms with Crippen LogP contribution in [-0.4, -0.2) is 17.7 Å². The van der Waals surface area contributed by atoms with Gasteiger partial charge in [-0.2, -0.15) is 0 Å². The Kier molecular flexibility index (Phi) is 14.1. The summed E-state index contributed by atoms with van der Waals surface area (Å²) in [6.45, 7) is 3.05. The van der Waals surface area contributed by atoms with Crippen molar-refractivity contribution < 1.29 is 14.6 Å². The van der Waals surface area contributed by atoms with Crippen LogP contribution in [-0.2, 0) is 0 Å². The van der Waals surface area contributed by atoms with E-state index < -0.39 is 5.97 Å². The Balaban J connectivity index is 1.44. The summed E-state index contributed by atoms with van der Waals surface area (Å²) in [6, 6.07) is 15.0. The quantitative estimate of drug-likeness (QED) is 0.216. The van der Waals surface area contributed by atoms with Crippen LogP contribution in [0.25, 0.3) is 11.1 Å². The van der Waals surface area contributed by atoms with Gasteiger partial charge in [0.15, 0.2) is 0 Å². The topological polar surface area (TPSA) is 46.5 Å². The Bertz CT molecular complexity index is 749. The van der Waals surface area contributed by atoms with E-state index in [9.17, 15) is 4.79 Å². The van der Waals surface area contributed by atoms with E-state index in [0.29, 0.717) is 5.56 Å². The van der Waals surface area contributed by atoms with Crippen molar-refractivity contribution >= 4 is 5.97 Å². The number of aromatic carboxylic acids is 1. The third-order valence-corrected chi connectivity index (χ3v) is 6.34. The van der Waals surface area contributed by atoms with Crippen LogP contribution in [0.4, 0.5) is 0 Å². The highest BCUT2D eigenvalue weighted by atomic mass is 16.5. The van der Waals surface area contributed by atoms with Crippen LogP contribution in [0.2, 0.25) is 0 Å². The van der Waals surface area contributed by atoms with Gasteiger partial charge in [0.25, 0.3) is 0 Å². The smallest absolute Gasteiger partial charge is 0.335 e.